The Hall–Kier alpha value is -2.43. The lowest BCUT2D eigenvalue weighted by molar-refractivity contribution is 0.0827. The summed E-state index contributed by atoms with van der Waals surface area (Å²) in [6, 6.07) is 6.16. The molecular weight excluding hydrogens is 414 g/mol. The summed E-state index contributed by atoms with van der Waals surface area (Å²) < 4.78 is 32.5. The van der Waals surface area contributed by atoms with Gasteiger partial charge in [0.2, 0.25) is 10.0 Å². The molecule has 0 aliphatic carbocycles. The average Bonchev–Trinajstić information content (AvgIpc) is 3.39. The second-order valence-electron chi connectivity index (χ2n) is 6.79. The Balaban J connectivity index is 1.91. The molecule has 10 heteroatoms. The van der Waals surface area contributed by atoms with E-state index in [1.807, 2.05) is 0 Å². The maximum Gasteiger partial charge on any atom is 0.267 e. The van der Waals surface area contributed by atoms with Gasteiger partial charge in [0.05, 0.1) is 12.8 Å². The van der Waals surface area contributed by atoms with Crippen molar-refractivity contribution in [2.75, 3.05) is 39.6 Å². The monoisotopic (exact) mass is 437 g/mol. The van der Waals surface area contributed by atoms with Gasteiger partial charge in [-0.2, -0.15) is 4.31 Å². The van der Waals surface area contributed by atoms with E-state index in [0.717, 1.165) is 24.2 Å². The predicted octanol–water partition coefficient (Wildman–Crippen LogP) is 2.50. The fourth-order valence-corrected chi connectivity index (χ4v) is 5.92. The summed E-state index contributed by atoms with van der Waals surface area (Å²) in [4.78, 5) is 26.7. The Bertz CT molecular complexity index is 1020. The minimum atomic E-state index is -3.72. The molecule has 0 unspecified atom stereocenters. The van der Waals surface area contributed by atoms with Gasteiger partial charge in [-0.3, -0.25) is 9.59 Å². The van der Waals surface area contributed by atoms with Crippen molar-refractivity contribution in [3.63, 3.8) is 0 Å². The number of carbonyl (C=O) groups excluding carboxylic acids is 2. The third-order valence-electron chi connectivity index (χ3n) is 4.62. The summed E-state index contributed by atoms with van der Waals surface area (Å²) in [7, 11) is 0.992. The van der Waals surface area contributed by atoms with Gasteiger partial charge in [-0.1, -0.05) is 0 Å². The van der Waals surface area contributed by atoms with Gasteiger partial charge in [-0.15, -0.1) is 11.3 Å². The zero-order valence-electron chi connectivity index (χ0n) is 16.5. The third kappa shape index (κ3) is 4.29. The highest BCUT2D eigenvalue weighted by molar-refractivity contribution is 7.89. The van der Waals surface area contributed by atoms with Gasteiger partial charge in [-0.25, -0.2) is 8.42 Å². The Kier molecular flexibility index (Phi) is 6.25. The normalized spacial score (nSPS) is 14.6. The van der Waals surface area contributed by atoms with E-state index >= 15 is 0 Å². The molecule has 1 saturated heterocycles. The molecule has 1 aliphatic rings. The van der Waals surface area contributed by atoms with Gasteiger partial charge in [0.15, 0.2) is 0 Å². The second kappa shape index (κ2) is 8.52. The smallest absolute Gasteiger partial charge is 0.267 e. The first-order valence-corrected chi connectivity index (χ1v) is 11.4. The fourth-order valence-electron chi connectivity index (χ4n) is 3.11. The summed E-state index contributed by atoms with van der Waals surface area (Å²) in [6.07, 6.45) is 1.63. The molecule has 2 aromatic rings. The van der Waals surface area contributed by atoms with Crippen LogP contribution in [0, 0.1) is 0 Å². The molecule has 8 nitrogen and oxygen atoms in total. The van der Waals surface area contributed by atoms with Crippen molar-refractivity contribution < 1.29 is 22.7 Å². The van der Waals surface area contributed by atoms with Crippen LogP contribution in [0.25, 0.3) is 0 Å². The highest BCUT2D eigenvalue weighted by atomic mass is 32.2. The number of amides is 2. The van der Waals surface area contributed by atoms with Gasteiger partial charge >= 0.3 is 0 Å². The molecule has 0 atom stereocenters. The number of nitrogens with one attached hydrogen (secondary N) is 1. The van der Waals surface area contributed by atoms with Crippen molar-refractivity contribution in [2.45, 2.75) is 17.7 Å². The lowest BCUT2D eigenvalue weighted by Crippen LogP contribution is -2.29. The Labute approximate surface area is 174 Å². The molecule has 2 amide bonds. The van der Waals surface area contributed by atoms with Crippen molar-refractivity contribution in [2.24, 2.45) is 0 Å². The number of sulfonamides is 1. The van der Waals surface area contributed by atoms with Gasteiger partial charge in [-0.05, 0) is 42.5 Å². The third-order valence-corrected chi connectivity index (χ3v) is 7.60. The molecule has 1 aromatic heterocycles. The number of carbonyl (C=O) groups is 2. The van der Waals surface area contributed by atoms with Crippen LogP contribution < -0.4 is 10.1 Å². The lowest BCUT2D eigenvalue weighted by atomic mass is 10.1. The van der Waals surface area contributed by atoms with Crippen molar-refractivity contribution in [3.8, 4) is 5.75 Å². The molecule has 1 fully saturated rings. The van der Waals surface area contributed by atoms with E-state index in [1.54, 1.807) is 31.6 Å². The van der Waals surface area contributed by atoms with Crippen LogP contribution in [0.1, 0.15) is 32.9 Å². The standard InChI is InChI=1S/C19H23N3O5S2/c1-21(2)19(24)13-6-7-15(27-3)14(12-13)20-18(23)17-16(8-11-28-17)29(25,26)22-9-4-5-10-22/h6-8,11-12H,4-5,9-10H2,1-3H3,(H,20,23). The fraction of sp³-hybridized carbons (Fsp3) is 0.368. The Morgan fingerprint density at radius 3 is 2.48 bits per heavy atom. The molecule has 29 heavy (non-hydrogen) atoms. The molecule has 1 aromatic carbocycles. The predicted molar refractivity (Wildman–Crippen MR) is 111 cm³/mol. The highest BCUT2D eigenvalue weighted by Gasteiger charge is 2.32. The van der Waals surface area contributed by atoms with Crippen LogP contribution in [0.5, 0.6) is 5.75 Å². The minimum absolute atomic E-state index is 0.00129. The number of thiophene rings is 1. The molecule has 1 N–H and O–H groups in total. The number of methoxy groups -OCH3 is 1. The van der Waals surface area contributed by atoms with E-state index in [-0.39, 0.29) is 15.7 Å². The van der Waals surface area contributed by atoms with Crippen molar-refractivity contribution in [3.05, 3.63) is 40.1 Å². The second-order valence-corrected chi connectivity index (χ2v) is 9.62. The molecule has 156 valence electrons. The SMILES string of the molecule is COc1ccc(C(=O)N(C)C)cc1NC(=O)c1sccc1S(=O)(=O)N1CCCC1. The molecule has 0 radical (unpaired) electrons. The molecular formula is C19H23N3O5S2. The summed E-state index contributed by atoms with van der Waals surface area (Å²) in [5.41, 5.74) is 0.672. The number of ether oxygens (including phenoxy) is 1. The molecule has 3 rings (SSSR count). The first kappa shape index (κ1) is 21.3. The van der Waals surface area contributed by atoms with Gasteiger partial charge in [0.1, 0.15) is 15.5 Å². The van der Waals surface area contributed by atoms with Gasteiger partial charge in [0.25, 0.3) is 11.8 Å². The van der Waals surface area contributed by atoms with Crippen LogP contribution in [0.2, 0.25) is 0 Å². The topological polar surface area (TPSA) is 96.0 Å². The number of rotatable bonds is 6. The van der Waals surface area contributed by atoms with Crippen molar-refractivity contribution in [1.82, 2.24) is 9.21 Å². The Morgan fingerprint density at radius 2 is 1.86 bits per heavy atom. The van der Waals surface area contributed by atoms with Crippen LogP contribution in [-0.4, -0.2) is 63.7 Å². The zero-order chi connectivity index (χ0) is 21.2. The summed E-state index contributed by atoms with van der Waals surface area (Å²) in [5.74, 6) is -0.420. The number of anilines is 1. The van der Waals surface area contributed by atoms with E-state index in [9.17, 15) is 18.0 Å². The van der Waals surface area contributed by atoms with Gasteiger partial charge in [0, 0.05) is 32.7 Å². The van der Waals surface area contributed by atoms with Crippen molar-refractivity contribution >= 4 is 38.9 Å². The van der Waals surface area contributed by atoms with E-state index in [0.29, 0.717) is 30.1 Å². The summed E-state index contributed by atoms with van der Waals surface area (Å²) in [6.45, 7) is 0.920. The van der Waals surface area contributed by atoms with Crippen LogP contribution >= 0.6 is 11.3 Å². The van der Waals surface area contributed by atoms with Crippen LogP contribution in [-0.2, 0) is 10.0 Å². The maximum absolute atomic E-state index is 12.9. The first-order valence-electron chi connectivity index (χ1n) is 9.04. The van der Waals surface area contributed by atoms with Crippen LogP contribution in [0.4, 0.5) is 5.69 Å². The number of nitrogens with zero attached hydrogens (tertiary/aromatic N) is 2. The minimum Gasteiger partial charge on any atom is -0.495 e. The first-order chi connectivity index (χ1) is 13.8. The van der Waals surface area contributed by atoms with Crippen LogP contribution in [0.3, 0.4) is 0 Å². The molecule has 0 bridgehead atoms. The van der Waals surface area contributed by atoms with Crippen molar-refractivity contribution in [1.29, 1.82) is 0 Å². The molecule has 1 aliphatic heterocycles. The Morgan fingerprint density at radius 1 is 1.17 bits per heavy atom. The van der Waals surface area contributed by atoms with E-state index in [4.69, 9.17) is 4.74 Å². The average molecular weight is 438 g/mol. The molecule has 2 heterocycles. The summed E-state index contributed by atoms with van der Waals surface area (Å²) >= 11 is 1.06. The maximum atomic E-state index is 12.9. The number of benzene rings is 1. The highest BCUT2D eigenvalue weighted by Crippen LogP contribution is 2.31. The van der Waals surface area contributed by atoms with E-state index in [1.165, 1.54) is 28.4 Å². The molecule has 0 spiro atoms. The van der Waals surface area contributed by atoms with Gasteiger partial charge < -0.3 is 15.0 Å². The summed E-state index contributed by atoms with van der Waals surface area (Å²) in [5, 5.41) is 4.28. The number of hydrogen-bond donors (Lipinski definition) is 1. The largest absolute Gasteiger partial charge is 0.495 e. The molecule has 0 saturated carbocycles. The van der Waals surface area contributed by atoms with Crippen LogP contribution in [0.15, 0.2) is 34.5 Å². The zero-order valence-corrected chi connectivity index (χ0v) is 18.1. The van der Waals surface area contributed by atoms with E-state index < -0.39 is 15.9 Å². The number of hydrogen-bond acceptors (Lipinski definition) is 6. The lowest BCUT2D eigenvalue weighted by Gasteiger charge is -2.16. The van der Waals surface area contributed by atoms with E-state index in [2.05, 4.69) is 5.32 Å². The quantitative estimate of drug-likeness (QED) is 0.749.